The number of carbonyl (C=O) groups excluding carboxylic acids is 1. The van der Waals surface area contributed by atoms with Crippen molar-refractivity contribution in [2.45, 2.75) is 51.9 Å². The molecule has 0 radical (unpaired) electrons. The van der Waals surface area contributed by atoms with Gasteiger partial charge in [0.1, 0.15) is 11.6 Å². The summed E-state index contributed by atoms with van der Waals surface area (Å²) in [6.07, 6.45) is 9.08. The number of carbonyl (C=O) groups is 1. The maximum atomic E-state index is 12.5. The molecule has 0 aliphatic carbocycles. The van der Waals surface area contributed by atoms with E-state index in [1.165, 1.54) is 13.5 Å². The lowest BCUT2D eigenvalue weighted by Gasteiger charge is -2.34. The minimum absolute atomic E-state index is 0.0825. The van der Waals surface area contributed by atoms with Gasteiger partial charge in [0.25, 0.3) is 0 Å². The first-order chi connectivity index (χ1) is 16.7. The third-order valence-corrected chi connectivity index (χ3v) is 6.38. The van der Waals surface area contributed by atoms with Gasteiger partial charge in [0.05, 0.1) is 36.6 Å². The van der Waals surface area contributed by atoms with Gasteiger partial charge >= 0.3 is 6.09 Å². The summed E-state index contributed by atoms with van der Waals surface area (Å²) in [6.45, 7) is 4.93. The molecule has 5 rings (SSSR count). The van der Waals surface area contributed by atoms with E-state index in [9.17, 15) is 4.79 Å². The third kappa shape index (κ3) is 4.28. The van der Waals surface area contributed by atoms with Crippen LogP contribution in [0, 0.1) is 0 Å². The Balaban J connectivity index is 1.46. The Morgan fingerprint density at radius 2 is 2.24 bits per heavy atom. The number of amides is 1. The molecular formula is C24H29N7O3. The van der Waals surface area contributed by atoms with E-state index in [-0.39, 0.29) is 12.1 Å². The summed E-state index contributed by atoms with van der Waals surface area (Å²) >= 11 is 0. The number of oxazole rings is 1. The molecule has 178 valence electrons. The van der Waals surface area contributed by atoms with E-state index in [4.69, 9.17) is 14.1 Å². The molecule has 0 unspecified atom stereocenters. The number of hydrogen-bond donors (Lipinski definition) is 1. The number of ether oxygens (including phenoxy) is 1. The maximum Gasteiger partial charge on any atom is 0.414 e. The Hall–Kier alpha value is -3.66. The first-order valence-electron chi connectivity index (χ1n) is 11.6. The van der Waals surface area contributed by atoms with Crippen molar-refractivity contribution >= 4 is 22.8 Å². The highest BCUT2D eigenvalue weighted by Gasteiger charge is 2.31. The number of methoxy groups -OCH3 is 1. The Labute approximate surface area is 197 Å². The molecular weight excluding hydrogens is 434 g/mol. The molecule has 3 aromatic heterocycles. The Kier molecular flexibility index (Phi) is 6.31. The first-order valence-corrected chi connectivity index (χ1v) is 11.6. The van der Waals surface area contributed by atoms with Crippen molar-refractivity contribution in [2.75, 3.05) is 18.6 Å². The molecule has 0 bridgehead atoms. The van der Waals surface area contributed by atoms with Crippen LogP contribution in [0.4, 0.5) is 10.5 Å². The maximum absolute atomic E-state index is 12.5. The summed E-state index contributed by atoms with van der Waals surface area (Å²) in [6, 6.07) is 6.11. The van der Waals surface area contributed by atoms with Gasteiger partial charge in [-0.2, -0.15) is 5.10 Å². The second-order valence-electron chi connectivity index (χ2n) is 8.50. The molecule has 0 saturated carbocycles. The Morgan fingerprint density at radius 3 is 3.00 bits per heavy atom. The molecule has 1 amide bonds. The first kappa shape index (κ1) is 22.1. The smallest absolute Gasteiger partial charge is 0.414 e. The molecule has 1 N–H and O–H groups in total. The van der Waals surface area contributed by atoms with Gasteiger partial charge in [-0.25, -0.2) is 14.8 Å². The summed E-state index contributed by atoms with van der Waals surface area (Å²) in [5.41, 5.74) is 4.04. The molecule has 0 spiro atoms. The number of nitrogens with zero attached hydrogens (tertiary/aromatic N) is 6. The molecule has 0 fully saturated rings. The number of anilines is 1. The molecule has 10 heteroatoms. The van der Waals surface area contributed by atoms with Gasteiger partial charge in [0.15, 0.2) is 6.39 Å². The predicted octanol–water partition coefficient (Wildman–Crippen LogP) is 3.16. The minimum atomic E-state index is -0.331. The summed E-state index contributed by atoms with van der Waals surface area (Å²) in [7, 11) is 1.43. The van der Waals surface area contributed by atoms with E-state index in [2.05, 4.69) is 33.0 Å². The van der Waals surface area contributed by atoms with E-state index in [1.807, 2.05) is 23.0 Å². The van der Waals surface area contributed by atoms with Crippen LogP contribution in [0.3, 0.4) is 0 Å². The zero-order valence-corrected chi connectivity index (χ0v) is 19.5. The summed E-state index contributed by atoms with van der Waals surface area (Å²) < 4.78 is 14.6. The van der Waals surface area contributed by atoms with Gasteiger partial charge in [-0.05, 0) is 38.0 Å². The number of benzene rings is 1. The zero-order valence-electron chi connectivity index (χ0n) is 19.5. The molecule has 1 aliphatic heterocycles. The van der Waals surface area contributed by atoms with Crippen LogP contribution in [0.2, 0.25) is 0 Å². The van der Waals surface area contributed by atoms with Gasteiger partial charge < -0.3 is 19.0 Å². The fourth-order valence-corrected chi connectivity index (χ4v) is 4.67. The molecule has 10 nitrogen and oxygen atoms in total. The normalized spacial score (nSPS) is 15.6. The van der Waals surface area contributed by atoms with Crippen LogP contribution < -0.4 is 10.2 Å². The second kappa shape index (κ2) is 9.68. The Bertz CT molecular complexity index is 1250. The molecule has 1 atom stereocenters. The highest BCUT2D eigenvalue weighted by molar-refractivity contribution is 5.95. The highest BCUT2D eigenvalue weighted by Crippen LogP contribution is 2.36. The lowest BCUT2D eigenvalue weighted by molar-refractivity contribution is 0.175. The molecule has 4 aromatic rings. The van der Waals surface area contributed by atoms with E-state index in [0.29, 0.717) is 6.54 Å². The van der Waals surface area contributed by atoms with Gasteiger partial charge in [-0.3, -0.25) is 9.58 Å². The number of aromatic nitrogens is 5. The van der Waals surface area contributed by atoms with Crippen LogP contribution in [0.25, 0.3) is 11.0 Å². The SMILES string of the molecule is COC(=O)N1c2ccc3c(nc(CCn4cccn4)n3CCNCc3cnco3)c2CC[C@@H]1C. The van der Waals surface area contributed by atoms with Crippen LogP contribution in [-0.4, -0.2) is 50.1 Å². The number of hydrogen-bond acceptors (Lipinski definition) is 7. The molecule has 1 aliphatic rings. The highest BCUT2D eigenvalue weighted by atomic mass is 16.5. The molecule has 1 aromatic carbocycles. The number of imidazole rings is 1. The number of nitrogens with one attached hydrogen (secondary N) is 1. The van der Waals surface area contributed by atoms with Crippen molar-refractivity contribution in [3.8, 4) is 0 Å². The topological polar surface area (TPSA) is 103 Å². The van der Waals surface area contributed by atoms with E-state index >= 15 is 0 Å². The minimum Gasteiger partial charge on any atom is -0.452 e. The fraction of sp³-hybridized carbons (Fsp3) is 0.417. The van der Waals surface area contributed by atoms with Gasteiger partial charge in [-0.15, -0.1) is 0 Å². The molecule has 34 heavy (non-hydrogen) atoms. The lowest BCUT2D eigenvalue weighted by atomic mass is 9.96. The second-order valence-corrected chi connectivity index (χ2v) is 8.50. The fourth-order valence-electron chi connectivity index (χ4n) is 4.67. The van der Waals surface area contributed by atoms with Crippen LogP contribution in [-0.2, 0) is 37.2 Å². The standard InChI is InChI=1S/C24H29N7O3/c1-17-4-5-19-20(31(17)24(32)33-2)6-7-21-23(19)28-22(8-12-29-11-3-9-27-29)30(21)13-10-25-14-18-15-26-16-34-18/h3,6-7,9,11,15-17,25H,4-5,8,10,12-14H2,1-2H3/t17-/m0/s1. The van der Waals surface area contributed by atoms with Gasteiger partial charge in [-0.1, -0.05) is 0 Å². The van der Waals surface area contributed by atoms with E-state index in [0.717, 1.165) is 72.8 Å². The van der Waals surface area contributed by atoms with Crippen LogP contribution in [0.15, 0.2) is 47.6 Å². The van der Waals surface area contributed by atoms with Crippen molar-refractivity contribution < 1.29 is 13.9 Å². The summed E-state index contributed by atoms with van der Waals surface area (Å²) in [4.78, 5) is 23.3. The quantitative estimate of drug-likeness (QED) is 0.400. The number of rotatable bonds is 8. The molecule has 4 heterocycles. The van der Waals surface area contributed by atoms with Gasteiger partial charge in [0, 0.05) is 50.1 Å². The monoisotopic (exact) mass is 463 g/mol. The average molecular weight is 464 g/mol. The van der Waals surface area contributed by atoms with Crippen LogP contribution >= 0.6 is 0 Å². The van der Waals surface area contributed by atoms with Crippen LogP contribution in [0.1, 0.15) is 30.5 Å². The van der Waals surface area contributed by atoms with E-state index in [1.54, 1.807) is 17.3 Å². The van der Waals surface area contributed by atoms with Crippen molar-refractivity contribution in [3.05, 3.63) is 60.3 Å². The summed E-state index contributed by atoms with van der Waals surface area (Å²) in [5, 5.41) is 7.75. The predicted molar refractivity (Wildman–Crippen MR) is 127 cm³/mol. The number of fused-ring (bicyclic) bond motifs is 3. The number of aryl methyl sites for hydroxylation is 3. The van der Waals surface area contributed by atoms with Crippen molar-refractivity contribution in [3.63, 3.8) is 0 Å². The Morgan fingerprint density at radius 1 is 1.32 bits per heavy atom. The molecule has 0 saturated heterocycles. The third-order valence-electron chi connectivity index (χ3n) is 6.38. The lowest BCUT2D eigenvalue weighted by Crippen LogP contribution is -2.42. The largest absolute Gasteiger partial charge is 0.452 e. The van der Waals surface area contributed by atoms with Crippen LogP contribution in [0.5, 0.6) is 0 Å². The van der Waals surface area contributed by atoms with Gasteiger partial charge in [0.2, 0.25) is 0 Å². The van der Waals surface area contributed by atoms with E-state index < -0.39 is 0 Å². The summed E-state index contributed by atoms with van der Waals surface area (Å²) in [5.74, 6) is 1.81. The average Bonchev–Trinajstić information content (AvgIpc) is 3.61. The zero-order chi connectivity index (χ0) is 23.5. The van der Waals surface area contributed by atoms with Crippen molar-refractivity contribution in [1.82, 2.24) is 29.6 Å². The van der Waals surface area contributed by atoms with Crippen molar-refractivity contribution in [2.24, 2.45) is 0 Å². The van der Waals surface area contributed by atoms with Crippen molar-refractivity contribution in [1.29, 1.82) is 0 Å².